The van der Waals surface area contributed by atoms with Crippen molar-refractivity contribution in [2.45, 2.75) is 59.0 Å². The van der Waals surface area contributed by atoms with Crippen LogP contribution in [-0.2, 0) is 22.6 Å². The monoisotopic (exact) mass is 579 g/mol. The van der Waals surface area contributed by atoms with Crippen LogP contribution in [0.1, 0.15) is 67.5 Å². The summed E-state index contributed by atoms with van der Waals surface area (Å²) in [4.78, 5) is 32.1. The number of nitrogens with one attached hydrogen (secondary N) is 1. The maximum absolute atomic E-state index is 13.9. The number of carbonyl (C=O) groups excluding carboxylic acids is 2. The lowest BCUT2D eigenvalue weighted by molar-refractivity contribution is -0.133. The van der Waals surface area contributed by atoms with Gasteiger partial charge in [-0.3, -0.25) is 4.79 Å². The van der Waals surface area contributed by atoms with Gasteiger partial charge < -0.3 is 29.3 Å². The second-order valence-electron chi connectivity index (χ2n) is 10.8. The summed E-state index contributed by atoms with van der Waals surface area (Å²) in [6, 6.07) is 15.6. The first-order chi connectivity index (χ1) is 19.8. The van der Waals surface area contributed by atoms with Gasteiger partial charge in [-0.1, -0.05) is 58.0 Å². The quantitative estimate of drug-likeness (QED) is 0.225. The number of fused-ring (bicyclic) bond motifs is 1. The second kappa shape index (κ2) is 14.4. The molecule has 4 rings (SSSR count). The van der Waals surface area contributed by atoms with Crippen molar-refractivity contribution in [3.05, 3.63) is 75.5 Å². The molecule has 3 aromatic rings. The van der Waals surface area contributed by atoms with Gasteiger partial charge in [0, 0.05) is 37.4 Å². The normalized spacial score (nSPS) is 12.2. The Balaban J connectivity index is 1.56. The van der Waals surface area contributed by atoms with Gasteiger partial charge in [0.15, 0.2) is 11.5 Å². The number of hydrogen-bond acceptors (Lipinski definition) is 6. The Labute approximate surface area is 247 Å². The first kappa shape index (κ1) is 30.4. The third kappa shape index (κ3) is 8.01. The number of carbonyl (C=O) groups is 2. The molecule has 1 aromatic heterocycles. The highest BCUT2D eigenvalue weighted by Crippen LogP contribution is 2.34. The van der Waals surface area contributed by atoms with Crippen LogP contribution in [0.3, 0.4) is 0 Å². The number of rotatable bonds is 13. The van der Waals surface area contributed by atoms with Crippen LogP contribution in [0.4, 0.5) is 10.5 Å². The molecule has 9 heteroatoms. The molecule has 3 amide bonds. The third-order valence-corrected chi connectivity index (χ3v) is 7.95. The van der Waals surface area contributed by atoms with Crippen molar-refractivity contribution in [1.82, 2.24) is 9.80 Å². The fourth-order valence-corrected chi connectivity index (χ4v) is 5.60. The Bertz CT molecular complexity index is 1280. The van der Waals surface area contributed by atoms with Crippen LogP contribution < -0.4 is 14.8 Å². The zero-order valence-corrected chi connectivity index (χ0v) is 25.5. The maximum atomic E-state index is 13.9. The van der Waals surface area contributed by atoms with Gasteiger partial charge in [0.1, 0.15) is 6.54 Å². The van der Waals surface area contributed by atoms with Crippen LogP contribution in [0.5, 0.6) is 11.5 Å². The summed E-state index contributed by atoms with van der Waals surface area (Å²) in [6.07, 6.45) is 0.618. The minimum atomic E-state index is -0.288. The van der Waals surface area contributed by atoms with E-state index in [1.807, 2.05) is 41.8 Å². The minimum absolute atomic E-state index is 0.0493. The van der Waals surface area contributed by atoms with E-state index in [-0.39, 0.29) is 37.1 Å². The summed E-state index contributed by atoms with van der Waals surface area (Å²) in [5, 5.41) is 5.19. The Kier molecular flexibility index (Phi) is 10.7. The largest absolute Gasteiger partial charge is 0.454 e. The van der Waals surface area contributed by atoms with Crippen LogP contribution in [0.15, 0.2) is 53.9 Å². The molecule has 0 saturated carbocycles. The molecule has 0 bridgehead atoms. The number of hydrogen-bond donors (Lipinski definition) is 1. The summed E-state index contributed by atoms with van der Waals surface area (Å²) in [6.45, 7) is 10.3. The second-order valence-corrected chi connectivity index (χ2v) is 11.9. The lowest BCUT2D eigenvalue weighted by Gasteiger charge is -2.29. The van der Waals surface area contributed by atoms with Crippen molar-refractivity contribution in [3.8, 4) is 11.5 Å². The Morgan fingerprint density at radius 2 is 1.68 bits per heavy atom. The van der Waals surface area contributed by atoms with E-state index in [4.69, 9.17) is 14.2 Å². The van der Waals surface area contributed by atoms with Crippen LogP contribution in [0.25, 0.3) is 0 Å². The molecule has 0 saturated heterocycles. The van der Waals surface area contributed by atoms with Crippen LogP contribution >= 0.6 is 11.3 Å². The molecule has 2 aromatic carbocycles. The summed E-state index contributed by atoms with van der Waals surface area (Å²) in [5.41, 5.74) is 3.93. The summed E-state index contributed by atoms with van der Waals surface area (Å²) in [5.74, 6) is 1.71. The number of anilines is 1. The SMILES string of the molecule is COCCCN(CC(=O)N(Cc1ccc2c(c1)OCO2)Cc1cccs1)C(=O)Nc1c(C(C)C)cccc1C(C)C. The molecule has 0 spiro atoms. The fraction of sp³-hybridized carbons (Fsp3) is 0.438. The molecular formula is C32H41N3O5S. The zero-order valence-electron chi connectivity index (χ0n) is 24.6. The minimum Gasteiger partial charge on any atom is -0.454 e. The van der Waals surface area contributed by atoms with Crippen molar-refractivity contribution in [2.24, 2.45) is 0 Å². The molecule has 1 aliphatic rings. The van der Waals surface area contributed by atoms with Crippen molar-refractivity contribution in [3.63, 3.8) is 0 Å². The van der Waals surface area contributed by atoms with E-state index in [0.29, 0.717) is 44.2 Å². The molecular weight excluding hydrogens is 538 g/mol. The first-order valence-electron chi connectivity index (χ1n) is 14.1. The Morgan fingerprint density at radius 1 is 0.951 bits per heavy atom. The van der Waals surface area contributed by atoms with E-state index in [9.17, 15) is 9.59 Å². The molecule has 0 aliphatic carbocycles. The predicted octanol–water partition coefficient (Wildman–Crippen LogP) is 6.82. The highest BCUT2D eigenvalue weighted by molar-refractivity contribution is 7.09. The molecule has 1 N–H and O–H groups in total. The predicted molar refractivity (Wildman–Crippen MR) is 163 cm³/mol. The number of ether oxygens (including phenoxy) is 3. The molecule has 8 nitrogen and oxygen atoms in total. The fourth-order valence-electron chi connectivity index (χ4n) is 4.88. The molecule has 220 valence electrons. The number of benzene rings is 2. The molecule has 41 heavy (non-hydrogen) atoms. The number of nitrogens with zero attached hydrogens (tertiary/aromatic N) is 2. The highest BCUT2D eigenvalue weighted by atomic mass is 32.1. The molecule has 1 aliphatic heterocycles. The number of methoxy groups -OCH3 is 1. The van der Waals surface area contributed by atoms with Crippen molar-refractivity contribution < 1.29 is 23.8 Å². The summed E-state index contributed by atoms with van der Waals surface area (Å²) in [7, 11) is 1.64. The van der Waals surface area contributed by atoms with Gasteiger partial charge in [-0.2, -0.15) is 0 Å². The van der Waals surface area contributed by atoms with Gasteiger partial charge in [0.05, 0.1) is 6.54 Å². The average molecular weight is 580 g/mol. The van der Waals surface area contributed by atoms with Crippen LogP contribution in [-0.4, -0.2) is 55.3 Å². The van der Waals surface area contributed by atoms with E-state index < -0.39 is 0 Å². The average Bonchev–Trinajstić information content (AvgIpc) is 3.64. The van der Waals surface area contributed by atoms with E-state index in [0.717, 1.165) is 27.3 Å². The lowest BCUT2D eigenvalue weighted by atomic mass is 9.93. The molecule has 0 fully saturated rings. The molecule has 2 heterocycles. The van der Waals surface area contributed by atoms with Crippen molar-refractivity contribution in [1.29, 1.82) is 0 Å². The van der Waals surface area contributed by atoms with Gasteiger partial charge >= 0.3 is 6.03 Å². The van der Waals surface area contributed by atoms with Crippen molar-refractivity contribution in [2.75, 3.05) is 38.9 Å². The smallest absolute Gasteiger partial charge is 0.322 e. The number of amides is 3. The molecule has 0 radical (unpaired) electrons. The van der Waals surface area contributed by atoms with Crippen LogP contribution in [0.2, 0.25) is 0 Å². The van der Waals surface area contributed by atoms with Gasteiger partial charge in [0.25, 0.3) is 0 Å². The topological polar surface area (TPSA) is 80.3 Å². The van der Waals surface area contributed by atoms with Gasteiger partial charge in [0.2, 0.25) is 12.7 Å². The highest BCUT2D eigenvalue weighted by Gasteiger charge is 2.25. The third-order valence-electron chi connectivity index (χ3n) is 7.08. The molecule has 0 atom stereocenters. The molecule has 0 unspecified atom stereocenters. The lowest BCUT2D eigenvalue weighted by Crippen LogP contribution is -2.44. The number of thiophene rings is 1. The standard InChI is InChI=1S/C32H41N3O5S/c1-22(2)26-10-6-11-27(23(3)4)31(26)33-32(37)34(14-8-15-38-5)20-30(36)35(19-25-9-7-16-41-25)18-24-12-13-28-29(17-24)40-21-39-28/h6-7,9-13,16-17,22-23H,8,14-15,18-21H2,1-5H3,(H,33,37). The zero-order chi connectivity index (χ0) is 29.4. The van der Waals surface area contributed by atoms with E-state index >= 15 is 0 Å². The van der Waals surface area contributed by atoms with Gasteiger partial charge in [-0.05, 0) is 58.5 Å². The maximum Gasteiger partial charge on any atom is 0.322 e. The van der Waals surface area contributed by atoms with E-state index in [2.05, 4.69) is 45.1 Å². The summed E-state index contributed by atoms with van der Waals surface area (Å²) >= 11 is 1.60. The number of urea groups is 1. The Hall–Kier alpha value is -3.56. The van der Waals surface area contributed by atoms with Crippen molar-refractivity contribution >= 4 is 29.0 Å². The Morgan fingerprint density at radius 3 is 2.34 bits per heavy atom. The first-order valence-corrected chi connectivity index (χ1v) is 15.0. The van der Waals surface area contributed by atoms with Crippen LogP contribution in [0, 0.1) is 0 Å². The van der Waals surface area contributed by atoms with E-state index in [1.165, 1.54) is 0 Å². The van der Waals surface area contributed by atoms with Gasteiger partial charge in [-0.15, -0.1) is 11.3 Å². The summed E-state index contributed by atoms with van der Waals surface area (Å²) < 4.78 is 16.3. The van der Waals surface area contributed by atoms with E-state index in [1.54, 1.807) is 28.2 Å². The number of para-hydroxylation sites is 1. The van der Waals surface area contributed by atoms with Gasteiger partial charge in [-0.25, -0.2) is 4.79 Å².